The first kappa shape index (κ1) is 22.3. The Hall–Kier alpha value is -2.52. The van der Waals surface area contributed by atoms with E-state index in [1.165, 1.54) is 11.3 Å². The number of hydrogen-bond donors (Lipinski definition) is 2. The first-order valence-electron chi connectivity index (χ1n) is 10.7. The van der Waals surface area contributed by atoms with Crippen LogP contribution in [0.4, 0.5) is 5.69 Å². The molecule has 1 aliphatic heterocycles. The van der Waals surface area contributed by atoms with Gasteiger partial charge in [0, 0.05) is 28.2 Å². The van der Waals surface area contributed by atoms with Gasteiger partial charge in [0.1, 0.15) is 15.9 Å². The Morgan fingerprint density at radius 1 is 1.12 bits per heavy atom. The molecule has 2 aromatic heterocycles. The maximum atomic E-state index is 12.9. The van der Waals surface area contributed by atoms with Crippen LogP contribution in [-0.2, 0) is 6.54 Å². The average Bonchev–Trinajstić information content (AvgIpc) is 3.39. The number of hydrogen-bond acceptors (Lipinski definition) is 6. The van der Waals surface area contributed by atoms with Crippen LogP contribution in [0.2, 0.25) is 10.0 Å². The number of carbonyl (C=O) groups is 1. The summed E-state index contributed by atoms with van der Waals surface area (Å²) in [6.07, 6.45) is 2.01. The lowest BCUT2D eigenvalue weighted by molar-refractivity contribution is 0.103. The molecule has 0 atom stereocenters. The van der Waals surface area contributed by atoms with Gasteiger partial charge in [-0.3, -0.25) is 9.69 Å². The Morgan fingerprint density at radius 3 is 2.61 bits per heavy atom. The van der Waals surface area contributed by atoms with Crippen LogP contribution in [0.3, 0.4) is 0 Å². The highest BCUT2D eigenvalue weighted by Crippen LogP contribution is 2.33. The number of aromatic nitrogens is 4. The molecular formula is C23H22Cl2N6OS. The number of fused-ring (bicyclic) bond motifs is 1. The summed E-state index contributed by atoms with van der Waals surface area (Å²) < 4.78 is 0. The monoisotopic (exact) mass is 500 g/mol. The number of rotatable bonds is 5. The van der Waals surface area contributed by atoms with Crippen molar-refractivity contribution < 1.29 is 4.79 Å². The molecule has 0 spiro atoms. The summed E-state index contributed by atoms with van der Waals surface area (Å²) in [4.78, 5) is 20.7. The topological polar surface area (TPSA) is 86.8 Å². The number of piperidine rings is 1. The summed E-state index contributed by atoms with van der Waals surface area (Å²) in [6, 6.07) is 11.1. The predicted octanol–water partition coefficient (Wildman–Crippen LogP) is 5.66. The zero-order valence-corrected chi connectivity index (χ0v) is 20.3. The average molecular weight is 501 g/mol. The molecule has 1 aliphatic rings. The van der Waals surface area contributed by atoms with Crippen LogP contribution in [0, 0.1) is 6.92 Å². The number of amides is 1. The minimum atomic E-state index is -0.144. The van der Waals surface area contributed by atoms with Crippen molar-refractivity contribution >= 4 is 57.2 Å². The molecule has 170 valence electrons. The number of aryl methyl sites for hydroxylation is 1. The number of H-pyrrole nitrogens is 1. The van der Waals surface area contributed by atoms with Crippen molar-refractivity contribution in [1.82, 2.24) is 25.3 Å². The van der Waals surface area contributed by atoms with E-state index in [0.29, 0.717) is 32.0 Å². The van der Waals surface area contributed by atoms with Gasteiger partial charge < -0.3 is 5.32 Å². The molecule has 1 saturated heterocycles. The second kappa shape index (κ2) is 9.38. The summed E-state index contributed by atoms with van der Waals surface area (Å²) in [5, 5.41) is 16.0. The quantitative estimate of drug-likeness (QED) is 0.369. The number of anilines is 1. The van der Waals surface area contributed by atoms with E-state index in [-0.39, 0.29) is 5.91 Å². The standard InChI is InChI=1S/C23H22Cl2N6OS/c1-13-21(22(32)27-18-2-3-19-20(11-18)29-30-28-19)33-23(26-13)15-4-6-31(7-5-15)12-14-8-16(24)10-17(25)9-14/h2-3,8-11,15H,4-7,12H2,1H3,(H,27,32)(H,28,29,30). The van der Waals surface area contributed by atoms with E-state index in [1.54, 1.807) is 12.1 Å². The maximum Gasteiger partial charge on any atom is 0.267 e. The van der Waals surface area contributed by atoms with Crippen molar-refractivity contribution in [1.29, 1.82) is 0 Å². The van der Waals surface area contributed by atoms with Gasteiger partial charge in [-0.25, -0.2) is 4.98 Å². The van der Waals surface area contributed by atoms with Gasteiger partial charge >= 0.3 is 0 Å². The third kappa shape index (κ3) is 5.04. The minimum absolute atomic E-state index is 0.144. The Bertz CT molecular complexity index is 1290. The summed E-state index contributed by atoms with van der Waals surface area (Å²) >= 11 is 13.8. The summed E-state index contributed by atoms with van der Waals surface area (Å²) in [7, 11) is 0. The number of aromatic amines is 1. The zero-order chi connectivity index (χ0) is 22.9. The molecule has 1 amide bonds. The molecule has 4 aromatic rings. The minimum Gasteiger partial charge on any atom is -0.321 e. The SMILES string of the molecule is Cc1nc(C2CCN(Cc3cc(Cl)cc(Cl)c3)CC2)sc1C(=O)Nc1ccc2n[nH]nc2c1. The summed E-state index contributed by atoms with van der Waals surface area (Å²) in [6.45, 7) is 4.65. The van der Waals surface area contributed by atoms with Crippen molar-refractivity contribution in [2.75, 3.05) is 18.4 Å². The Balaban J connectivity index is 1.22. The highest BCUT2D eigenvalue weighted by Gasteiger charge is 2.25. The zero-order valence-electron chi connectivity index (χ0n) is 17.9. The van der Waals surface area contributed by atoms with E-state index in [9.17, 15) is 4.79 Å². The number of halogens is 2. The molecule has 3 heterocycles. The smallest absolute Gasteiger partial charge is 0.267 e. The van der Waals surface area contributed by atoms with Crippen LogP contribution in [0.25, 0.3) is 11.0 Å². The number of likely N-dealkylation sites (tertiary alicyclic amines) is 1. The molecule has 0 saturated carbocycles. The number of benzene rings is 2. The molecule has 2 N–H and O–H groups in total. The van der Waals surface area contributed by atoms with Crippen LogP contribution in [0.15, 0.2) is 36.4 Å². The predicted molar refractivity (Wildman–Crippen MR) is 132 cm³/mol. The van der Waals surface area contributed by atoms with E-state index in [4.69, 9.17) is 28.2 Å². The fourth-order valence-electron chi connectivity index (χ4n) is 4.21. The number of nitrogens with one attached hydrogen (secondary N) is 2. The van der Waals surface area contributed by atoms with Gasteiger partial charge in [-0.2, -0.15) is 15.4 Å². The number of carbonyl (C=O) groups excluding carboxylic acids is 1. The molecule has 1 fully saturated rings. The van der Waals surface area contributed by atoms with Gasteiger partial charge in [0.15, 0.2) is 0 Å². The first-order chi connectivity index (χ1) is 15.9. The molecule has 0 aliphatic carbocycles. The van der Waals surface area contributed by atoms with Gasteiger partial charge in [0.25, 0.3) is 5.91 Å². The van der Waals surface area contributed by atoms with Gasteiger partial charge in [-0.15, -0.1) is 11.3 Å². The van der Waals surface area contributed by atoms with Gasteiger partial charge in [-0.05, 0) is 74.8 Å². The van der Waals surface area contributed by atoms with Crippen molar-refractivity contribution in [3.63, 3.8) is 0 Å². The molecule has 7 nitrogen and oxygen atoms in total. The van der Waals surface area contributed by atoms with Crippen LogP contribution in [0.5, 0.6) is 0 Å². The second-order valence-corrected chi connectivity index (χ2v) is 10.2. The normalized spacial score (nSPS) is 15.2. The third-order valence-electron chi connectivity index (χ3n) is 5.86. The summed E-state index contributed by atoms with van der Waals surface area (Å²) in [5.74, 6) is 0.218. The van der Waals surface area contributed by atoms with Gasteiger partial charge in [0.05, 0.1) is 10.7 Å². The fourth-order valence-corrected chi connectivity index (χ4v) is 5.91. The third-order valence-corrected chi connectivity index (χ3v) is 7.61. The lowest BCUT2D eigenvalue weighted by Crippen LogP contribution is -2.32. The molecular weight excluding hydrogens is 479 g/mol. The van der Waals surface area contributed by atoms with E-state index < -0.39 is 0 Å². The molecule has 33 heavy (non-hydrogen) atoms. The van der Waals surface area contributed by atoms with Gasteiger partial charge in [0.2, 0.25) is 0 Å². The van der Waals surface area contributed by atoms with E-state index in [1.807, 2.05) is 31.2 Å². The largest absolute Gasteiger partial charge is 0.321 e. The lowest BCUT2D eigenvalue weighted by Gasteiger charge is -2.31. The molecule has 0 radical (unpaired) electrons. The van der Waals surface area contributed by atoms with E-state index in [2.05, 4.69) is 25.6 Å². The molecule has 2 aromatic carbocycles. The van der Waals surface area contributed by atoms with Crippen LogP contribution < -0.4 is 5.32 Å². The van der Waals surface area contributed by atoms with Gasteiger partial charge in [-0.1, -0.05) is 23.2 Å². The fraction of sp³-hybridized carbons (Fsp3) is 0.304. The van der Waals surface area contributed by atoms with E-state index >= 15 is 0 Å². The Labute approximate surface area is 205 Å². The van der Waals surface area contributed by atoms with Crippen molar-refractivity contribution in [2.24, 2.45) is 0 Å². The lowest BCUT2D eigenvalue weighted by atomic mass is 9.97. The van der Waals surface area contributed by atoms with Crippen molar-refractivity contribution in [3.8, 4) is 0 Å². The highest BCUT2D eigenvalue weighted by molar-refractivity contribution is 7.14. The van der Waals surface area contributed by atoms with Crippen LogP contribution in [-0.4, -0.2) is 44.3 Å². The molecule has 0 unspecified atom stereocenters. The second-order valence-electron chi connectivity index (χ2n) is 8.28. The Morgan fingerprint density at radius 2 is 1.85 bits per heavy atom. The highest BCUT2D eigenvalue weighted by atomic mass is 35.5. The first-order valence-corrected chi connectivity index (χ1v) is 12.3. The van der Waals surface area contributed by atoms with E-state index in [0.717, 1.165) is 54.3 Å². The molecule has 5 rings (SSSR count). The van der Waals surface area contributed by atoms with Crippen LogP contribution >= 0.6 is 34.5 Å². The molecule has 10 heteroatoms. The Kier molecular flexibility index (Phi) is 6.34. The number of nitrogens with zero attached hydrogens (tertiary/aromatic N) is 4. The summed E-state index contributed by atoms with van der Waals surface area (Å²) in [5.41, 5.74) is 4.05. The van der Waals surface area contributed by atoms with Crippen molar-refractivity contribution in [3.05, 3.63) is 67.6 Å². The van der Waals surface area contributed by atoms with Crippen LogP contribution in [0.1, 0.15) is 44.7 Å². The molecule has 0 bridgehead atoms. The van der Waals surface area contributed by atoms with Crippen molar-refractivity contribution in [2.45, 2.75) is 32.2 Å². The maximum absolute atomic E-state index is 12.9. The number of thiazole rings is 1.